The van der Waals surface area contributed by atoms with Crippen molar-refractivity contribution in [1.29, 1.82) is 0 Å². The molecule has 4 rings (SSSR count). The summed E-state index contributed by atoms with van der Waals surface area (Å²) in [7, 11) is 1.94. The minimum Gasteiger partial charge on any atom is -0.508 e. The summed E-state index contributed by atoms with van der Waals surface area (Å²) < 4.78 is 7.36. The second-order valence-corrected chi connectivity index (χ2v) is 11.4. The number of nitrogens with zero attached hydrogens (tertiary/aromatic N) is 3. The molecule has 5 nitrogen and oxygen atoms in total. The van der Waals surface area contributed by atoms with Gasteiger partial charge in [0.05, 0.1) is 35.2 Å². The van der Waals surface area contributed by atoms with E-state index < -0.39 is 0 Å². The lowest BCUT2D eigenvalue weighted by Crippen LogP contribution is -2.36. The molecule has 0 unspecified atom stereocenters. The summed E-state index contributed by atoms with van der Waals surface area (Å²) in [5.41, 5.74) is 3.46. The Morgan fingerprint density at radius 1 is 1.31 bits per heavy atom. The van der Waals surface area contributed by atoms with Gasteiger partial charge in [0.15, 0.2) is 5.13 Å². The molecule has 1 aliphatic heterocycles. The summed E-state index contributed by atoms with van der Waals surface area (Å²) in [6, 6.07) is 0. The van der Waals surface area contributed by atoms with E-state index in [0.717, 1.165) is 65.3 Å². The molecule has 29 heavy (non-hydrogen) atoms. The van der Waals surface area contributed by atoms with Gasteiger partial charge in [-0.05, 0) is 37.3 Å². The highest BCUT2D eigenvalue weighted by atomic mass is 32.1. The third kappa shape index (κ3) is 4.37. The van der Waals surface area contributed by atoms with Gasteiger partial charge in [-0.3, -0.25) is 4.31 Å². The Labute approximate surface area is 186 Å². The van der Waals surface area contributed by atoms with E-state index >= 15 is 0 Å². The van der Waals surface area contributed by atoms with Gasteiger partial charge in [0.25, 0.3) is 0 Å². The molecule has 0 spiro atoms. The molecule has 2 aliphatic rings. The summed E-state index contributed by atoms with van der Waals surface area (Å²) in [6.45, 7) is 12.4. The largest absolute Gasteiger partial charge is 0.508 e. The van der Waals surface area contributed by atoms with Gasteiger partial charge < -0.3 is 14.7 Å². The Morgan fingerprint density at radius 3 is 2.69 bits per heavy atom. The van der Waals surface area contributed by atoms with E-state index in [4.69, 9.17) is 9.72 Å². The van der Waals surface area contributed by atoms with Crippen LogP contribution in [0, 0.1) is 5.41 Å². The molecule has 158 valence electrons. The summed E-state index contributed by atoms with van der Waals surface area (Å²) in [4.78, 5) is 10.9. The van der Waals surface area contributed by atoms with Gasteiger partial charge in [0.2, 0.25) is 0 Å². The lowest BCUT2D eigenvalue weighted by Gasteiger charge is -2.30. The number of thiol groups is 1. The number of thiophene rings is 1. The first kappa shape index (κ1) is 21.2. The van der Waals surface area contributed by atoms with Crippen molar-refractivity contribution >= 4 is 46.4 Å². The highest BCUT2D eigenvalue weighted by Crippen LogP contribution is 2.49. The van der Waals surface area contributed by atoms with E-state index in [-0.39, 0.29) is 11.2 Å². The highest BCUT2D eigenvalue weighted by Gasteiger charge is 2.33. The van der Waals surface area contributed by atoms with Crippen LogP contribution in [0.4, 0.5) is 5.13 Å². The van der Waals surface area contributed by atoms with Crippen molar-refractivity contribution in [1.82, 2.24) is 9.29 Å². The molecular weight excluding hydrogens is 422 g/mol. The minimum atomic E-state index is 0.168. The molecule has 0 aromatic carbocycles. The minimum absolute atomic E-state index is 0.168. The zero-order chi connectivity index (χ0) is 20.8. The Kier molecular flexibility index (Phi) is 6.01. The summed E-state index contributed by atoms with van der Waals surface area (Å²) in [5.74, 6) is 0.168. The van der Waals surface area contributed by atoms with Crippen molar-refractivity contribution in [2.24, 2.45) is 5.41 Å². The average Bonchev–Trinajstić information content (AvgIpc) is 3.22. The molecule has 0 amide bonds. The van der Waals surface area contributed by atoms with Crippen LogP contribution < -0.4 is 4.90 Å². The van der Waals surface area contributed by atoms with Crippen molar-refractivity contribution in [3.63, 3.8) is 0 Å². The Balaban J connectivity index is 1.82. The molecule has 2 aromatic rings. The van der Waals surface area contributed by atoms with E-state index in [1.54, 1.807) is 11.3 Å². The fourth-order valence-corrected chi connectivity index (χ4v) is 6.87. The van der Waals surface area contributed by atoms with Gasteiger partial charge in [-0.15, -0.1) is 11.3 Å². The molecular formula is C21H29N3O2S3. The molecule has 1 N–H and O–H groups in total. The summed E-state index contributed by atoms with van der Waals surface area (Å²) >= 11 is 7.99. The second-order valence-electron chi connectivity index (χ2n) is 8.68. The van der Waals surface area contributed by atoms with E-state index in [1.165, 1.54) is 16.9 Å². The topological polar surface area (TPSA) is 48.8 Å². The van der Waals surface area contributed by atoms with Crippen LogP contribution in [0.5, 0.6) is 0 Å². The molecule has 1 saturated heterocycles. The lowest BCUT2D eigenvalue weighted by molar-refractivity contribution is 0.122. The molecule has 2 aromatic heterocycles. The monoisotopic (exact) mass is 451 g/mol. The molecule has 0 atom stereocenters. The van der Waals surface area contributed by atoms with E-state index in [2.05, 4.69) is 38.1 Å². The first-order chi connectivity index (χ1) is 13.7. The molecule has 0 saturated carbocycles. The van der Waals surface area contributed by atoms with Gasteiger partial charge in [-0.25, -0.2) is 4.98 Å². The number of aryl methyl sites for hydroxylation is 1. The number of morpholine rings is 1. The number of thiazole rings is 1. The predicted molar refractivity (Wildman–Crippen MR) is 126 cm³/mol. The summed E-state index contributed by atoms with van der Waals surface area (Å²) in [6.07, 6.45) is 3.21. The number of hydrogen-bond acceptors (Lipinski definition) is 8. The number of aromatic nitrogens is 1. The smallest absolute Gasteiger partial charge is 0.186 e. The third-order valence-corrected chi connectivity index (χ3v) is 8.37. The van der Waals surface area contributed by atoms with E-state index in [9.17, 15) is 5.11 Å². The average molecular weight is 452 g/mol. The predicted octanol–water partition coefficient (Wildman–Crippen LogP) is 5.03. The van der Waals surface area contributed by atoms with Crippen LogP contribution in [-0.2, 0) is 24.1 Å². The van der Waals surface area contributed by atoms with Crippen LogP contribution in [-0.4, -0.2) is 47.7 Å². The van der Waals surface area contributed by atoms with Crippen molar-refractivity contribution < 1.29 is 9.84 Å². The molecule has 1 fully saturated rings. The highest BCUT2D eigenvalue weighted by molar-refractivity contribution is 7.77. The fraction of sp³-hybridized carbons (Fsp3) is 0.571. The van der Waals surface area contributed by atoms with Gasteiger partial charge in [-0.2, -0.15) is 0 Å². The van der Waals surface area contributed by atoms with Crippen molar-refractivity contribution in [2.45, 2.75) is 39.7 Å². The number of rotatable bonds is 5. The first-order valence-electron chi connectivity index (χ1n) is 10.0. The fourth-order valence-electron chi connectivity index (χ4n) is 4.12. The maximum absolute atomic E-state index is 10.6. The number of hydrogen-bond donors (Lipinski definition) is 2. The van der Waals surface area contributed by atoms with Crippen LogP contribution in [0.25, 0.3) is 15.5 Å². The number of ether oxygens (including phenoxy) is 1. The van der Waals surface area contributed by atoms with Crippen LogP contribution in [0.15, 0.2) is 6.58 Å². The summed E-state index contributed by atoms with van der Waals surface area (Å²) in [5, 5.41) is 11.6. The molecule has 0 radical (unpaired) electrons. The SMILES string of the molecule is C=C(O)c1c(-c2sc(N3CCOCC3)nc2CN(C)S)sc2c1CC(C)(C)CC2. The zero-order valence-corrected chi connectivity index (χ0v) is 19.9. The molecule has 3 heterocycles. The molecule has 8 heteroatoms. The van der Waals surface area contributed by atoms with E-state index in [1.807, 2.05) is 22.7 Å². The van der Waals surface area contributed by atoms with Crippen LogP contribution >= 0.6 is 35.5 Å². The maximum Gasteiger partial charge on any atom is 0.186 e. The van der Waals surface area contributed by atoms with E-state index in [0.29, 0.717) is 6.54 Å². The van der Waals surface area contributed by atoms with Crippen LogP contribution in [0.3, 0.4) is 0 Å². The quantitative estimate of drug-likeness (QED) is 0.493. The van der Waals surface area contributed by atoms with Gasteiger partial charge >= 0.3 is 0 Å². The third-order valence-electron chi connectivity index (χ3n) is 5.62. The molecule has 1 aliphatic carbocycles. The van der Waals surface area contributed by atoms with Crippen molar-refractivity contribution in [3.05, 3.63) is 28.3 Å². The second kappa shape index (κ2) is 8.23. The van der Waals surface area contributed by atoms with Crippen molar-refractivity contribution in [2.75, 3.05) is 38.3 Å². The number of fused-ring (bicyclic) bond motifs is 1. The zero-order valence-electron chi connectivity index (χ0n) is 17.3. The van der Waals surface area contributed by atoms with Crippen molar-refractivity contribution in [3.8, 4) is 9.75 Å². The van der Waals surface area contributed by atoms with Crippen LogP contribution in [0.1, 0.15) is 42.0 Å². The van der Waals surface area contributed by atoms with Crippen LogP contribution in [0.2, 0.25) is 0 Å². The number of aliphatic hydroxyl groups is 1. The standard InChI is InChI=1S/C21H29N3O2S3/c1-13(25)17-14-11-21(2,3)6-5-16(14)28-19(17)18-15(12-23(4)27)22-20(29-18)24-7-9-26-10-8-24/h25,27H,1,5-12H2,2-4H3. The number of aliphatic hydroxyl groups excluding tert-OH is 1. The first-order valence-corrected chi connectivity index (χ1v) is 12.0. The number of anilines is 1. The Morgan fingerprint density at radius 2 is 2.03 bits per heavy atom. The maximum atomic E-state index is 10.6. The lowest BCUT2D eigenvalue weighted by atomic mass is 9.76. The van der Waals surface area contributed by atoms with Gasteiger partial charge in [-0.1, -0.05) is 44.6 Å². The normalized spacial score (nSPS) is 18.9. The van der Waals surface area contributed by atoms with Gasteiger partial charge in [0, 0.05) is 23.5 Å². The molecule has 0 bridgehead atoms. The van der Waals surface area contributed by atoms with Gasteiger partial charge in [0.1, 0.15) is 5.76 Å². The Hall–Kier alpha value is -1.06. The Bertz CT molecular complexity index is 911.